The number of methoxy groups -OCH3 is 2. The maximum Gasteiger partial charge on any atom is 0.417 e. The third kappa shape index (κ3) is 4.14. The molecule has 1 aromatic heterocycles. The summed E-state index contributed by atoms with van der Waals surface area (Å²) in [6, 6.07) is 3.11. The minimum Gasteiger partial charge on any atom is -0.493 e. The quantitative estimate of drug-likeness (QED) is 0.634. The minimum atomic E-state index is -4.87. The lowest BCUT2D eigenvalue weighted by atomic mass is 9.77. The van der Waals surface area contributed by atoms with Crippen LogP contribution in [0.1, 0.15) is 25.3 Å². The molecular formula is C21H22F5N3O4. The number of halogens is 5. The van der Waals surface area contributed by atoms with Crippen LogP contribution < -0.4 is 20.5 Å². The number of amides is 1. The van der Waals surface area contributed by atoms with Crippen LogP contribution in [0.25, 0.3) is 0 Å². The molecule has 1 fully saturated rings. The Kier molecular flexibility index (Phi) is 6.42. The van der Waals surface area contributed by atoms with E-state index in [1.807, 2.05) is 0 Å². The second-order valence-electron chi connectivity index (χ2n) is 7.74. The van der Waals surface area contributed by atoms with Gasteiger partial charge in [-0.3, -0.25) is 4.79 Å². The van der Waals surface area contributed by atoms with Crippen molar-refractivity contribution in [3.63, 3.8) is 0 Å². The number of rotatable bonds is 5. The predicted molar refractivity (Wildman–Crippen MR) is 108 cm³/mol. The van der Waals surface area contributed by atoms with Gasteiger partial charge in [-0.05, 0) is 13.0 Å². The molecular weight excluding hydrogens is 453 g/mol. The average molecular weight is 475 g/mol. The Labute approximate surface area is 186 Å². The van der Waals surface area contributed by atoms with E-state index in [0.717, 1.165) is 26.2 Å². The highest BCUT2D eigenvalue weighted by atomic mass is 19.4. The molecule has 0 unspecified atom stereocenters. The normalized spacial score (nSPS) is 25.1. The van der Waals surface area contributed by atoms with Gasteiger partial charge in [-0.1, -0.05) is 13.0 Å². The number of hydrogen-bond acceptors (Lipinski definition) is 6. The fourth-order valence-electron chi connectivity index (χ4n) is 3.91. The highest BCUT2D eigenvalue weighted by molar-refractivity contribution is 5.97. The van der Waals surface area contributed by atoms with Crippen molar-refractivity contribution in [1.82, 2.24) is 4.98 Å². The number of nitrogens with two attached hydrogens (primary N) is 1. The van der Waals surface area contributed by atoms with E-state index in [9.17, 15) is 26.7 Å². The number of nitrogen functional groups attached to an aromatic ring is 1. The van der Waals surface area contributed by atoms with Crippen LogP contribution in [-0.2, 0) is 9.53 Å². The molecule has 1 aromatic carbocycles. The summed E-state index contributed by atoms with van der Waals surface area (Å²) in [5, 5.41) is 2.41. The molecule has 0 bridgehead atoms. The molecule has 3 rings (SSSR count). The minimum absolute atomic E-state index is 0.0238. The standard InChI is InChI=1S/C21H22F5N3O4/c1-9-15(10-5-6-11(22)16(23)17(10)32-4)18(33-20(9,2)21(24,25)26)19(30)29-13-7-14(31-3)28-8-12(13)27/h5-9,15,18H,27H2,1-4H3,(H,28,29,30)/t9-,15-,18+,20+/m0/s1. The maximum atomic E-state index is 14.4. The molecule has 4 atom stereocenters. The molecule has 7 nitrogen and oxygen atoms in total. The highest BCUT2D eigenvalue weighted by Gasteiger charge is 2.65. The third-order valence-corrected chi connectivity index (χ3v) is 5.95. The van der Waals surface area contributed by atoms with E-state index in [-0.39, 0.29) is 22.8 Å². The first kappa shape index (κ1) is 24.5. The monoisotopic (exact) mass is 475 g/mol. The van der Waals surface area contributed by atoms with Crippen molar-refractivity contribution < 1.29 is 41.0 Å². The van der Waals surface area contributed by atoms with E-state index in [0.29, 0.717) is 0 Å². The number of pyridine rings is 1. The predicted octanol–water partition coefficient (Wildman–Crippen LogP) is 4.04. The first-order valence-electron chi connectivity index (χ1n) is 9.72. The van der Waals surface area contributed by atoms with Gasteiger partial charge >= 0.3 is 6.18 Å². The summed E-state index contributed by atoms with van der Waals surface area (Å²) < 4.78 is 85.2. The molecule has 0 spiro atoms. The van der Waals surface area contributed by atoms with Gasteiger partial charge in [-0.15, -0.1) is 0 Å². The third-order valence-electron chi connectivity index (χ3n) is 5.95. The molecule has 1 amide bonds. The SMILES string of the molecule is COc1cc(NC(=O)[C@@H]2O[C@@](C)(C(F)(F)F)[C@@H](C)[C@H]2c2ccc(F)c(F)c2OC)c(N)cn1. The van der Waals surface area contributed by atoms with Crippen molar-refractivity contribution in [2.45, 2.75) is 37.6 Å². The maximum absolute atomic E-state index is 14.4. The van der Waals surface area contributed by atoms with Crippen LogP contribution >= 0.6 is 0 Å². The van der Waals surface area contributed by atoms with Crippen molar-refractivity contribution in [3.05, 3.63) is 41.6 Å². The smallest absolute Gasteiger partial charge is 0.417 e. The van der Waals surface area contributed by atoms with Crippen molar-refractivity contribution in [1.29, 1.82) is 0 Å². The summed E-state index contributed by atoms with van der Waals surface area (Å²) in [5.41, 5.74) is 2.95. The van der Waals surface area contributed by atoms with Crippen LogP contribution in [0.15, 0.2) is 24.4 Å². The molecule has 1 aliphatic heterocycles. The summed E-state index contributed by atoms with van der Waals surface area (Å²) in [6.45, 7) is 2.02. The van der Waals surface area contributed by atoms with E-state index < -0.39 is 53.0 Å². The Bertz CT molecular complexity index is 1060. The van der Waals surface area contributed by atoms with Crippen molar-refractivity contribution >= 4 is 17.3 Å². The number of carbonyl (C=O) groups is 1. The number of anilines is 2. The second kappa shape index (κ2) is 8.65. The van der Waals surface area contributed by atoms with E-state index >= 15 is 0 Å². The molecule has 12 heteroatoms. The molecule has 2 heterocycles. The van der Waals surface area contributed by atoms with Gasteiger partial charge in [0.2, 0.25) is 11.7 Å². The number of nitrogens with zero attached hydrogens (tertiary/aromatic N) is 1. The molecule has 1 aliphatic rings. The van der Waals surface area contributed by atoms with Gasteiger partial charge < -0.3 is 25.3 Å². The van der Waals surface area contributed by atoms with E-state index in [1.54, 1.807) is 0 Å². The number of alkyl halides is 3. The summed E-state index contributed by atoms with van der Waals surface area (Å²) in [5.74, 6) is -6.85. The van der Waals surface area contributed by atoms with Gasteiger partial charge in [-0.2, -0.15) is 17.6 Å². The van der Waals surface area contributed by atoms with Gasteiger partial charge in [-0.25, -0.2) is 9.37 Å². The summed E-state index contributed by atoms with van der Waals surface area (Å²) in [4.78, 5) is 17.0. The van der Waals surface area contributed by atoms with Crippen LogP contribution in [0.4, 0.5) is 33.3 Å². The summed E-state index contributed by atoms with van der Waals surface area (Å²) in [7, 11) is 2.37. The number of ether oxygens (including phenoxy) is 3. The molecule has 33 heavy (non-hydrogen) atoms. The Morgan fingerprint density at radius 3 is 2.48 bits per heavy atom. The Hall–Kier alpha value is -3.15. The summed E-state index contributed by atoms with van der Waals surface area (Å²) >= 11 is 0. The van der Waals surface area contributed by atoms with E-state index in [2.05, 4.69) is 10.3 Å². The van der Waals surface area contributed by atoms with Crippen molar-refractivity contribution in [2.75, 3.05) is 25.3 Å². The number of carbonyl (C=O) groups excluding carboxylic acids is 1. The molecule has 0 radical (unpaired) electrons. The van der Waals surface area contributed by atoms with Crippen LogP contribution in [0, 0.1) is 17.6 Å². The van der Waals surface area contributed by atoms with Crippen LogP contribution in [-0.4, -0.2) is 43.0 Å². The van der Waals surface area contributed by atoms with Gasteiger partial charge in [0, 0.05) is 23.5 Å². The topological polar surface area (TPSA) is 95.7 Å². The molecule has 2 aromatic rings. The zero-order valence-electron chi connectivity index (χ0n) is 18.1. The van der Waals surface area contributed by atoms with E-state index in [1.165, 1.54) is 26.3 Å². The van der Waals surface area contributed by atoms with Crippen molar-refractivity contribution in [2.24, 2.45) is 5.92 Å². The Balaban J connectivity index is 2.10. The number of benzene rings is 1. The van der Waals surface area contributed by atoms with Crippen LogP contribution in [0.5, 0.6) is 11.6 Å². The largest absolute Gasteiger partial charge is 0.493 e. The summed E-state index contributed by atoms with van der Waals surface area (Å²) in [6.07, 6.45) is -5.42. The van der Waals surface area contributed by atoms with Gasteiger partial charge in [0.25, 0.3) is 5.91 Å². The average Bonchev–Trinajstić information content (AvgIpc) is 3.03. The van der Waals surface area contributed by atoms with Crippen LogP contribution in [0.2, 0.25) is 0 Å². The lowest BCUT2D eigenvalue weighted by Crippen LogP contribution is -2.47. The lowest BCUT2D eigenvalue weighted by Gasteiger charge is -2.32. The van der Waals surface area contributed by atoms with Gasteiger partial charge in [0.15, 0.2) is 17.2 Å². The Morgan fingerprint density at radius 2 is 1.91 bits per heavy atom. The van der Waals surface area contributed by atoms with E-state index in [4.69, 9.17) is 19.9 Å². The highest BCUT2D eigenvalue weighted by Crippen LogP contribution is 2.55. The lowest BCUT2D eigenvalue weighted by molar-refractivity contribution is -0.272. The van der Waals surface area contributed by atoms with Gasteiger partial charge in [0.05, 0.1) is 31.8 Å². The molecule has 180 valence electrons. The fraction of sp³-hybridized carbons (Fsp3) is 0.429. The molecule has 0 saturated carbocycles. The second-order valence-corrected chi connectivity index (χ2v) is 7.74. The zero-order chi connectivity index (χ0) is 24.7. The number of hydrogen-bond donors (Lipinski definition) is 2. The fourth-order valence-corrected chi connectivity index (χ4v) is 3.91. The van der Waals surface area contributed by atoms with Gasteiger partial charge in [0.1, 0.15) is 6.10 Å². The first-order chi connectivity index (χ1) is 15.4. The van der Waals surface area contributed by atoms with Crippen molar-refractivity contribution in [3.8, 4) is 11.6 Å². The van der Waals surface area contributed by atoms with Crippen LogP contribution in [0.3, 0.4) is 0 Å². The first-order valence-corrected chi connectivity index (χ1v) is 9.72. The number of aromatic nitrogens is 1. The molecule has 1 saturated heterocycles. The zero-order valence-corrected chi connectivity index (χ0v) is 18.1. The number of nitrogens with one attached hydrogen (secondary N) is 1. The molecule has 0 aliphatic carbocycles. The Morgan fingerprint density at radius 1 is 1.24 bits per heavy atom. The molecule has 3 N–H and O–H groups in total.